The SMILES string of the molecule is CC(C)(C)OC(=O)CN1CCN(c2cc(Cl)nnc2N)CC1. The van der Waals surface area contributed by atoms with Gasteiger partial charge in [-0.1, -0.05) is 11.6 Å². The molecular weight excluding hydrogens is 306 g/mol. The van der Waals surface area contributed by atoms with Gasteiger partial charge in [-0.05, 0) is 20.8 Å². The van der Waals surface area contributed by atoms with Crippen LogP contribution in [0, 0.1) is 0 Å². The zero-order chi connectivity index (χ0) is 16.3. The van der Waals surface area contributed by atoms with Gasteiger partial charge >= 0.3 is 5.97 Å². The van der Waals surface area contributed by atoms with E-state index in [1.807, 2.05) is 20.8 Å². The maximum atomic E-state index is 11.8. The van der Waals surface area contributed by atoms with Gasteiger partial charge < -0.3 is 15.4 Å². The first-order valence-corrected chi connectivity index (χ1v) is 7.60. The number of rotatable bonds is 3. The summed E-state index contributed by atoms with van der Waals surface area (Å²) in [6, 6.07) is 1.72. The van der Waals surface area contributed by atoms with E-state index < -0.39 is 5.60 Å². The monoisotopic (exact) mass is 327 g/mol. The molecule has 0 bridgehead atoms. The summed E-state index contributed by atoms with van der Waals surface area (Å²) in [6.07, 6.45) is 0. The van der Waals surface area contributed by atoms with Crippen LogP contribution in [-0.2, 0) is 9.53 Å². The van der Waals surface area contributed by atoms with Crippen molar-refractivity contribution < 1.29 is 9.53 Å². The number of nitrogen functional groups attached to an aromatic ring is 1. The molecule has 1 aromatic rings. The first-order chi connectivity index (χ1) is 10.2. The number of carbonyl (C=O) groups is 1. The number of nitrogens with two attached hydrogens (primary N) is 1. The Morgan fingerprint density at radius 3 is 2.55 bits per heavy atom. The first-order valence-electron chi connectivity index (χ1n) is 7.22. The molecule has 1 fully saturated rings. The smallest absolute Gasteiger partial charge is 0.320 e. The van der Waals surface area contributed by atoms with Crippen molar-refractivity contribution in [3.8, 4) is 0 Å². The van der Waals surface area contributed by atoms with Crippen LogP contribution in [0.2, 0.25) is 5.15 Å². The number of esters is 1. The molecule has 0 atom stereocenters. The molecule has 0 radical (unpaired) electrons. The van der Waals surface area contributed by atoms with E-state index >= 15 is 0 Å². The summed E-state index contributed by atoms with van der Waals surface area (Å²) >= 11 is 5.87. The second kappa shape index (κ2) is 6.66. The van der Waals surface area contributed by atoms with Gasteiger partial charge in [0.2, 0.25) is 0 Å². The van der Waals surface area contributed by atoms with Gasteiger partial charge in [-0.25, -0.2) is 0 Å². The third kappa shape index (κ3) is 4.71. The van der Waals surface area contributed by atoms with Crippen molar-refractivity contribution >= 4 is 29.1 Å². The third-order valence-electron chi connectivity index (χ3n) is 3.26. The van der Waals surface area contributed by atoms with Gasteiger partial charge in [0.05, 0.1) is 12.2 Å². The summed E-state index contributed by atoms with van der Waals surface area (Å²) in [5, 5.41) is 7.86. The summed E-state index contributed by atoms with van der Waals surface area (Å²) < 4.78 is 5.34. The largest absolute Gasteiger partial charge is 0.459 e. The molecule has 122 valence electrons. The van der Waals surface area contributed by atoms with Crippen molar-refractivity contribution in [3.05, 3.63) is 11.2 Å². The van der Waals surface area contributed by atoms with E-state index in [1.165, 1.54) is 0 Å². The molecule has 0 spiro atoms. The van der Waals surface area contributed by atoms with Gasteiger partial charge in [0.25, 0.3) is 0 Å². The number of ether oxygens (including phenoxy) is 1. The van der Waals surface area contributed by atoms with Gasteiger partial charge in [0, 0.05) is 32.2 Å². The summed E-state index contributed by atoms with van der Waals surface area (Å²) in [4.78, 5) is 16.0. The highest BCUT2D eigenvalue weighted by Crippen LogP contribution is 2.24. The van der Waals surface area contributed by atoms with Crippen LogP contribution in [0.4, 0.5) is 11.5 Å². The summed E-state index contributed by atoms with van der Waals surface area (Å²) in [6.45, 7) is 8.89. The zero-order valence-corrected chi connectivity index (χ0v) is 13.9. The Balaban J connectivity index is 1.88. The van der Waals surface area contributed by atoms with Gasteiger partial charge in [-0.15, -0.1) is 10.2 Å². The van der Waals surface area contributed by atoms with E-state index in [9.17, 15) is 4.79 Å². The molecule has 0 aliphatic carbocycles. The van der Waals surface area contributed by atoms with E-state index in [1.54, 1.807) is 6.07 Å². The van der Waals surface area contributed by atoms with Crippen molar-refractivity contribution in [2.24, 2.45) is 0 Å². The number of hydrogen-bond donors (Lipinski definition) is 1. The zero-order valence-electron chi connectivity index (χ0n) is 13.2. The topological polar surface area (TPSA) is 84.6 Å². The minimum absolute atomic E-state index is 0.200. The number of aromatic nitrogens is 2. The van der Waals surface area contributed by atoms with Crippen LogP contribution in [0.15, 0.2) is 6.07 Å². The fraction of sp³-hybridized carbons (Fsp3) is 0.643. The van der Waals surface area contributed by atoms with Crippen molar-refractivity contribution in [1.82, 2.24) is 15.1 Å². The van der Waals surface area contributed by atoms with Gasteiger partial charge in [0.1, 0.15) is 5.60 Å². The van der Waals surface area contributed by atoms with Gasteiger partial charge in [0.15, 0.2) is 11.0 Å². The lowest BCUT2D eigenvalue weighted by Gasteiger charge is -2.36. The minimum Gasteiger partial charge on any atom is -0.459 e. The van der Waals surface area contributed by atoms with E-state index in [2.05, 4.69) is 20.0 Å². The summed E-state index contributed by atoms with van der Waals surface area (Å²) in [5.74, 6) is 0.166. The number of anilines is 2. The molecule has 0 amide bonds. The average Bonchev–Trinajstić information content (AvgIpc) is 2.40. The van der Waals surface area contributed by atoms with Crippen LogP contribution >= 0.6 is 11.6 Å². The van der Waals surface area contributed by atoms with Crippen LogP contribution in [0.1, 0.15) is 20.8 Å². The maximum Gasteiger partial charge on any atom is 0.320 e. The molecule has 1 aromatic heterocycles. The lowest BCUT2D eigenvalue weighted by atomic mass is 10.2. The van der Waals surface area contributed by atoms with Crippen molar-refractivity contribution in [3.63, 3.8) is 0 Å². The number of nitrogens with zero attached hydrogens (tertiary/aromatic N) is 4. The Hall–Kier alpha value is -1.60. The van der Waals surface area contributed by atoms with Gasteiger partial charge in [-0.2, -0.15) is 0 Å². The minimum atomic E-state index is -0.452. The summed E-state index contributed by atoms with van der Waals surface area (Å²) in [7, 11) is 0. The molecule has 0 aromatic carbocycles. The second-order valence-corrected chi connectivity index (χ2v) is 6.67. The molecular formula is C14H22ClN5O2. The number of piperazine rings is 1. The van der Waals surface area contributed by atoms with Crippen LogP contribution < -0.4 is 10.6 Å². The van der Waals surface area contributed by atoms with Crippen LogP contribution in [0.5, 0.6) is 0 Å². The molecule has 2 heterocycles. The Labute approximate surface area is 135 Å². The molecule has 0 saturated carbocycles. The standard InChI is InChI=1S/C14H22ClN5O2/c1-14(2,3)22-12(21)9-19-4-6-20(7-5-19)10-8-11(15)17-18-13(10)16/h8H,4-7,9H2,1-3H3,(H2,16,18). The van der Waals surface area contributed by atoms with Gasteiger partial charge in [-0.3, -0.25) is 9.69 Å². The highest BCUT2D eigenvalue weighted by atomic mass is 35.5. The third-order valence-corrected chi connectivity index (χ3v) is 3.44. The predicted octanol–water partition coefficient (Wildman–Crippen LogP) is 1.18. The number of halogens is 1. The van der Waals surface area contributed by atoms with E-state index in [-0.39, 0.29) is 5.97 Å². The highest BCUT2D eigenvalue weighted by molar-refractivity contribution is 6.29. The lowest BCUT2D eigenvalue weighted by molar-refractivity contribution is -0.156. The number of hydrogen-bond acceptors (Lipinski definition) is 7. The Morgan fingerprint density at radius 1 is 1.32 bits per heavy atom. The fourth-order valence-corrected chi connectivity index (χ4v) is 2.47. The highest BCUT2D eigenvalue weighted by Gasteiger charge is 2.23. The van der Waals surface area contributed by atoms with Crippen molar-refractivity contribution in [1.29, 1.82) is 0 Å². The van der Waals surface area contributed by atoms with Crippen LogP contribution in [0.3, 0.4) is 0 Å². The van der Waals surface area contributed by atoms with E-state index in [0.29, 0.717) is 17.5 Å². The van der Waals surface area contributed by atoms with Crippen LogP contribution in [-0.4, -0.2) is 59.4 Å². The summed E-state index contributed by atoms with van der Waals surface area (Å²) in [5.41, 5.74) is 6.18. The number of carbonyl (C=O) groups excluding carboxylic acids is 1. The molecule has 22 heavy (non-hydrogen) atoms. The molecule has 1 aliphatic heterocycles. The first kappa shape index (κ1) is 16.8. The van der Waals surface area contributed by atoms with E-state index in [4.69, 9.17) is 22.1 Å². The molecule has 0 unspecified atom stereocenters. The Morgan fingerprint density at radius 2 is 1.95 bits per heavy atom. The molecule has 1 saturated heterocycles. The predicted molar refractivity (Wildman–Crippen MR) is 86.0 cm³/mol. The second-order valence-electron chi connectivity index (χ2n) is 6.29. The molecule has 8 heteroatoms. The maximum absolute atomic E-state index is 11.8. The molecule has 2 N–H and O–H groups in total. The lowest BCUT2D eigenvalue weighted by Crippen LogP contribution is -2.48. The normalized spacial score (nSPS) is 16.6. The van der Waals surface area contributed by atoms with Crippen LogP contribution in [0.25, 0.3) is 0 Å². The fourth-order valence-electron chi connectivity index (χ4n) is 2.33. The average molecular weight is 328 g/mol. The van der Waals surface area contributed by atoms with Crippen molar-refractivity contribution in [2.45, 2.75) is 26.4 Å². The van der Waals surface area contributed by atoms with E-state index in [0.717, 1.165) is 31.9 Å². The molecule has 2 rings (SSSR count). The Kier molecular flexibility index (Phi) is 5.08. The Bertz CT molecular complexity index is 539. The molecule has 7 nitrogen and oxygen atoms in total. The quantitative estimate of drug-likeness (QED) is 0.834. The van der Waals surface area contributed by atoms with Crippen molar-refractivity contribution in [2.75, 3.05) is 43.4 Å². The molecule has 1 aliphatic rings.